The number of hydrogen-bond donors (Lipinski definition) is 2. The number of anilines is 2. The Morgan fingerprint density at radius 3 is 2.80 bits per heavy atom. The molecule has 0 spiro atoms. The molecule has 1 amide bonds. The molecule has 0 atom stereocenters. The molecule has 0 aliphatic carbocycles. The van der Waals surface area contributed by atoms with Gasteiger partial charge in [0.25, 0.3) is 0 Å². The lowest BCUT2D eigenvalue weighted by Crippen LogP contribution is -2.11. The van der Waals surface area contributed by atoms with Crippen LogP contribution in [0.5, 0.6) is 0 Å². The third-order valence-electron chi connectivity index (χ3n) is 2.88. The minimum Gasteiger partial charge on any atom is -0.378 e. The first-order valence-corrected chi connectivity index (χ1v) is 7.53. The molecule has 6 heteroatoms. The number of rotatable bonds is 5. The number of aromatic nitrogens is 1. The fourth-order valence-corrected chi connectivity index (χ4v) is 2.64. The summed E-state index contributed by atoms with van der Waals surface area (Å²) in [6.07, 6.45) is 2.11. The van der Waals surface area contributed by atoms with Crippen LogP contribution in [-0.4, -0.2) is 10.9 Å². The number of nitrogens with zero attached hydrogens (tertiary/aromatic N) is 1. The van der Waals surface area contributed by atoms with Crippen LogP contribution in [0.1, 0.15) is 23.9 Å². The molecule has 2 aromatic rings. The Morgan fingerprint density at radius 1 is 1.40 bits per heavy atom. The van der Waals surface area contributed by atoms with Crippen LogP contribution in [0.15, 0.2) is 24.4 Å². The number of carbonyl (C=O) groups excluding carboxylic acids is 1. The van der Waals surface area contributed by atoms with Gasteiger partial charge in [0.15, 0.2) is 0 Å². The first kappa shape index (κ1) is 14.8. The van der Waals surface area contributed by atoms with Gasteiger partial charge in [0.2, 0.25) is 5.91 Å². The van der Waals surface area contributed by atoms with Crippen molar-refractivity contribution in [1.29, 1.82) is 0 Å². The van der Waals surface area contributed by atoms with Crippen molar-refractivity contribution < 1.29 is 4.79 Å². The maximum Gasteiger partial charge on any atom is 0.224 e. The molecule has 1 heterocycles. The van der Waals surface area contributed by atoms with E-state index in [1.807, 2.05) is 32.0 Å². The molecule has 1 aromatic carbocycles. The lowest BCUT2D eigenvalue weighted by molar-refractivity contribution is -0.115. The number of halogens is 1. The van der Waals surface area contributed by atoms with Gasteiger partial charge in [-0.15, -0.1) is 11.3 Å². The quantitative estimate of drug-likeness (QED) is 0.875. The number of benzene rings is 1. The molecule has 0 fully saturated rings. The molecular formula is C14H16ClN3OS. The molecule has 0 radical (unpaired) electrons. The van der Waals surface area contributed by atoms with Crippen LogP contribution in [0.3, 0.4) is 0 Å². The first-order chi connectivity index (χ1) is 9.60. The van der Waals surface area contributed by atoms with E-state index >= 15 is 0 Å². The predicted octanol–water partition coefficient (Wildman–Crippen LogP) is 4.07. The number of hydrogen-bond acceptors (Lipinski definition) is 4. The number of carbonyl (C=O) groups is 1. The third-order valence-corrected chi connectivity index (χ3v) is 4.00. The Balaban J connectivity index is 2.08. The summed E-state index contributed by atoms with van der Waals surface area (Å²) in [7, 11) is 0. The number of nitrogens with one attached hydrogen (secondary N) is 2. The molecule has 4 nitrogen and oxygen atoms in total. The van der Waals surface area contributed by atoms with E-state index in [1.165, 1.54) is 11.3 Å². The highest BCUT2D eigenvalue weighted by Crippen LogP contribution is 2.25. The van der Waals surface area contributed by atoms with E-state index in [1.54, 1.807) is 6.20 Å². The van der Waals surface area contributed by atoms with E-state index in [9.17, 15) is 4.79 Å². The zero-order valence-corrected chi connectivity index (χ0v) is 12.9. The van der Waals surface area contributed by atoms with E-state index in [0.717, 1.165) is 21.9 Å². The zero-order chi connectivity index (χ0) is 14.5. The highest BCUT2D eigenvalue weighted by atomic mass is 35.5. The molecule has 2 N–H and O–H groups in total. The van der Waals surface area contributed by atoms with Gasteiger partial charge in [-0.1, -0.05) is 24.6 Å². The average Bonchev–Trinajstić information content (AvgIpc) is 2.85. The first-order valence-electron chi connectivity index (χ1n) is 6.33. The van der Waals surface area contributed by atoms with Crippen molar-refractivity contribution in [3.05, 3.63) is 39.3 Å². The Bertz CT molecular complexity index is 612. The predicted molar refractivity (Wildman–Crippen MR) is 84.6 cm³/mol. The van der Waals surface area contributed by atoms with Gasteiger partial charge in [0, 0.05) is 17.8 Å². The van der Waals surface area contributed by atoms with Gasteiger partial charge < -0.3 is 10.6 Å². The monoisotopic (exact) mass is 309 g/mol. The van der Waals surface area contributed by atoms with E-state index < -0.39 is 0 Å². The highest BCUT2D eigenvalue weighted by Gasteiger charge is 2.07. The topological polar surface area (TPSA) is 54.0 Å². The van der Waals surface area contributed by atoms with Crippen molar-refractivity contribution >= 4 is 40.2 Å². The number of amides is 1. The second-order valence-electron chi connectivity index (χ2n) is 4.29. The van der Waals surface area contributed by atoms with Gasteiger partial charge in [-0.05, 0) is 24.6 Å². The highest BCUT2D eigenvalue weighted by molar-refractivity contribution is 7.15. The van der Waals surface area contributed by atoms with Crippen molar-refractivity contribution in [2.24, 2.45) is 0 Å². The Hall–Kier alpha value is -1.59. The van der Waals surface area contributed by atoms with Crippen molar-refractivity contribution in [1.82, 2.24) is 4.98 Å². The van der Waals surface area contributed by atoms with Gasteiger partial charge in [-0.2, -0.15) is 0 Å². The van der Waals surface area contributed by atoms with Crippen LogP contribution < -0.4 is 10.6 Å². The van der Waals surface area contributed by atoms with E-state index in [0.29, 0.717) is 17.3 Å². The maximum absolute atomic E-state index is 11.5. The normalized spacial score (nSPS) is 10.3. The van der Waals surface area contributed by atoms with Crippen LogP contribution in [0.4, 0.5) is 11.4 Å². The van der Waals surface area contributed by atoms with E-state index in [4.69, 9.17) is 11.6 Å². The number of thiazole rings is 1. The van der Waals surface area contributed by atoms with Crippen molar-refractivity contribution in [2.75, 3.05) is 10.6 Å². The summed E-state index contributed by atoms with van der Waals surface area (Å²) >= 11 is 7.31. The lowest BCUT2D eigenvalue weighted by Gasteiger charge is -2.13. The summed E-state index contributed by atoms with van der Waals surface area (Å²) in [4.78, 5) is 15.7. The summed E-state index contributed by atoms with van der Waals surface area (Å²) in [5.74, 6) is 0.0111. The molecule has 1 aromatic heterocycles. The Labute approximate surface area is 127 Å². The summed E-state index contributed by atoms with van der Waals surface area (Å²) in [6.45, 7) is 4.42. The summed E-state index contributed by atoms with van der Waals surface area (Å²) in [5, 5.41) is 7.13. The molecule has 0 unspecified atom stereocenters. The second-order valence-corrected chi connectivity index (χ2v) is 6.04. The smallest absolute Gasteiger partial charge is 0.224 e. The molecule has 0 bridgehead atoms. The molecule has 0 saturated heterocycles. The summed E-state index contributed by atoms with van der Waals surface area (Å²) in [6, 6.07) is 5.79. The maximum atomic E-state index is 11.5. The molecular weight excluding hydrogens is 294 g/mol. The fourth-order valence-electron chi connectivity index (χ4n) is 1.74. The lowest BCUT2D eigenvalue weighted by atomic mass is 10.1. The fraction of sp³-hybridized carbons (Fsp3) is 0.286. The average molecular weight is 310 g/mol. The summed E-state index contributed by atoms with van der Waals surface area (Å²) < 4.78 is 0.683. The molecule has 2 rings (SSSR count). The Kier molecular flexibility index (Phi) is 4.98. The van der Waals surface area contributed by atoms with Crippen molar-refractivity contribution in [2.45, 2.75) is 26.8 Å². The molecule has 20 heavy (non-hydrogen) atoms. The molecule has 106 valence electrons. The molecule has 0 aliphatic heterocycles. The zero-order valence-electron chi connectivity index (χ0n) is 11.4. The summed E-state index contributed by atoms with van der Waals surface area (Å²) in [5.41, 5.74) is 2.82. The molecule has 0 aliphatic rings. The van der Waals surface area contributed by atoms with E-state index in [-0.39, 0.29) is 5.91 Å². The van der Waals surface area contributed by atoms with Gasteiger partial charge in [-0.25, -0.2) is 4.98 Å². The standard InChI is InChI=1S/C14H16ClN3OS/c1-3-13(19)18-11-6-4-5-10(9(11)2)16-8-14-17-7-12(15)20-14/h4-7,16H,3,8H2,1-2H3,(H,18,19). The van der Waals surface area contributed by atoms with Crippen LogP contribution >= 0.6 is 22.9 Å². The van der Waals surface area contributed by atoms with Crippen LogP contribution in [-0.2, 0) is 11.3 Å². The van der Waals surface area contributed by atoms with Gasteiger partial charge >= 0.3 is 0 Å². The van der Waals surface area contributed by atoms with Crippen molar-refractivity contribution in [3.63, 3.8) is 0 Å². The van der Waals surface area contributed by atoms with Gasteiger partial charge in [0.05, 0.1) is 12.7 Å². The second kappa shape index (κ2) is 6.72. The molecule has 0 saturated carbocycles. The van der Waals surface area contributed by atoms with Crippen LogP contribution in [0.2, 0.25) is 4.34 Å². The van der Waals surface area contributed by atoms with Crippen molar-refractivity contribution in [3.8, 4) is 0 Å². The van der Waals surface area contributed by atoms with Crippen LogP contribution in [0, 0.1) is 6.92 Å². The van der Waals surface area contributed by atoms with E-state index in [2.05, 4.69) is 15.6 Å². The van der Waals surface area contributed by atoms with Gasteiger partial charge in [0.1, 0.15) is 9.34 Å². The minimum atomic E-state index is 0.0111. The van der Waals surface area contributed by atoms with Gasteiger partial charge in [-0.3, -0.25) is 4.79 Å². The largest absolute Gasteiger partial charge is 0.378 e. The SMILES string of the molecule is CCC(=O)Nc1cccc(NCc2ncc(Cl)s2)c1C. The third kappa shape index (κ3) is 3.71. The Morgan fingerprint density at radius 2 is 2.15 bits per heavy atom. The van der Waals surface area contributed by atoms with Crippen LogP contribution in [0.25, 0.3) is 0 Å². The minimum absolute atomic E-state index is 0.0111.